The Kier molecular flexibility index (Phi) is 5.04. The van der Waals surface area contributed by atoms with Gasteiger partial charge in [-0.3, -0.25) is 14.3 Å². The molecule has 0 saturated heterocycles. The van der Waals surface area contributed by atoms with Crippen molar-refractivity contribution < 1.29 is 22.7 Å². The number of ether oxygens (including phenoxy) is 1. The van der Waals surface area contributed by atoms with E-state index in [0.29, 0.717) is 5.69 Å². The monoisotopic (exact) mass is 370 g/mol. The van der Waals surface area contributed by atoms with Crippen LogP contribution in [0.4, 0.5) is 5.13 Å². The minimum absolute atomic E-state index is 0.0612. The molecular weight excluding hydrogens is 356 g/mol. The Labute approximate surface area is 141 Å². The summed E-state index contributed by atoms with van der Waals surface area (Å²) in [7, 11) is -2.65. The fourth-order valence-electron chi connectivity index (χ4n) is 1.83. The molecule has 0 fully saturated rings. The number of aromatic nitrogens is 1. The highest BCUT2D eigenvalue weighted by molar-refractivity contribution is 7.93. The van der Waals surface area contributed by atoms with Crippen LogP contribution in [-0.2, 0) is 21.2 Å². The first-order chi connectivity index (χ1) is 11.2. The number of nitrogens with zero attached hydrogens (tertiary/aromatic N) is 1. The highest BCUT2D eigenvalue weighted by Crippen LogP contribution is 2.25. The molecule has 0 radical (unpaired) electrons. The quantitative estimate of drug-likeness (QED) is 0.627. The van der Waals surface area contributed by atoms with Crippen LogP contribution in [0.1, 0.15) is 16.1 Å². The summed E-state index contributed by atoms with van der Waals surface area (Å²) in [4.78, 5) is 26.0. The number of hydrogen-bond acceptors (Lipinski definition) is 7. The topological polar surface area (TPSA) is 154 Å². The third-order valence-corrected chi connectivity index (χ3v) is 5.15. The van der Waals surface area contributed by atoms with E-state index < -0.39 is 21.8 Å². The maximum Gasteiger partial charge on any atom is 0.263 e. The molecule has 0 aliphatic rings. The van der Waals surface area contributed by atoms with Crippen molar-refractivity contribution in [3.63, 3.8) is 0 Å². The number of benzene rings is 1. The SMILES string of the molecule is COc1ccc(S(=O)(=O)Nc2nc(CC(N)=O)cs2)cc1C(N)=O. The molecule has 0 aliphatic carbocycles. The van der Waals surface area contributed by atoms with Crippen molar-refractivity contribution in [3.05, 3.63) is 34.8 Å². The number of carbonyl (C=O) groups is 2. The predicted octanol–water partition coefficient (Wildman–Crippen LogP) is 0.0792. The van der Waals surface area contributed by atoms with Gasteiger partial charge in [0.2, 0.25) is 5.91 Å². The summed E-state index contributed by atoms with van der Waals surface area (Å²) in [6, 6.07) is 3.71. The molecule has 0 unspecified atom stereocenters. The molecule has 9 nitrogen and oxygen atoms in total. The van der Waals surface area contributed by atoms with Crippen LogP contribution in [0.25, 0.3) is 0 Å². The molecule has 5 N–H and O–H groups in total. The maximum absolute atomic E-state index is 12.4. The summed E-state index contributed by atoms with van der Waals surface area (Å²) in [5.74, 6) is -1.22. The van der Waals surface area contributed by atoms with Crippen LogP contribution in [0.5, 0.6) is 5.75 Å². The number of methoxy groups -OCH3 is 1. The highest BCUT2D eigenvalue weighted by Gasteiger charge is 2.20. The van der Waals surface area contributed by atoms with E-state index in [1.165, 1.54) is 24.6 Å². The van der Waals surface area contributed by atoms with Crippen LogP contribution in [0, 0.1) is 0 Å². The Morgan fingerprint density at radius 1 is 1.33 bits per heavy atom. The molecule has 0 atom stereocenters. The van der Waals surface area contributed by atoms with Gasteiger partial charge in [-0.1, -0.05) is 0 Å². The third-order valence-electron chi connectivity index (χ3n) is 2.88. The van der Waals surface area contributed by atoms with Gasteiger partial charge in [-0.25, -0.2) is 13.4 Å². The van der Waals surface area contributed by atoms with E-state index in [4.69, 9.17) is 16.2 Å². The van der Waals surface area contributed by atoms with Gasteiger partial charge in [-0.05, 0) is 18.2 Å². The van der Waals surface area contributed by atoms with E-state index >= 15 is 0 Å². The summed E-state index contributed by atoms with van der Waals surface area (Å²) in [6.45, 7) is 0. The van der Waals surface area contributed by atoms with Crippen LogP contribution in [0.3, 0.4) is 0 Å². The van der Waals surface area contributed by atoms with Crippen molar-refractivity contribution in [2.24, 2.45) is 11.5 Å². The van der Waals surface area contributed by atoms with Crippen LogP contribution >= 0.6 is 11.3 Å². The summed E-state index contributed by atoms with van der Waals surface area (Å²) in [6.07, 6.45) is -0.0907. The number of nitrogens with one attached hydrogen (secondary N) is 1. The average molecular weight is 370 g/mol. The Hall–Kier alpha value is -2.66. The second-order valence-corrected chi connectivity index (χ2v) is 7.16. The van der Waals surface area contributed by atoms with Gasteiger partial charge in [0, 0.05) is 5.38 Å². The summed E-state index contributed by atoms with van der Waals surface area (Å²) in [5, 5.41) is 1.59. The van der Waals surface area contributed by atoms with Crippen molar-refractivity contribution in [2.45, 2.75) is 11.3 Å². The summed E-state index contributed by atoms with van der Waals surface area (Å²) < 4.78 is 32.0. The molecule has 2 aromatic rings. The number of anilines is 1. The molecule has 128 valence electrons. The molecule has 2 rings (SSSR count). The van der Waals surface area contributed by atoms with Crippen molar-refractivity contribution >= 4 is 38.3 Å². The second-order valence-electron chi connectivity index (χ2n) is 4.62. The van der Waals surface area contributed by atoms with Crippen LogP contribution in [0.15, 0.2) is 28.5 Å². The van der Waals surface area contributed by atoms with Crippen LogP contribution in [0.2, 0.25) is 0 Å². The highest BCUT2D eigenvalue weighted by atomic mass is 32.2. The number of rotatable bonds is 7. The van der Waals surface area contributed by atoms with Gasteiger partial charge in [-0.15, -0.1) is 11.3 Å². The standard InChI is InChI=1S/C13H14N4O5S2/c1-22-10-3-2-8(5-9(10)12(15)19)24(20,21)17-13-16-7(6-23-13)4-11(14)18/h2-3,5-6H,4H2,1H3,(H2,14,18)(H2,15,19)(H,16,17). The van der Waals surface area contributed by atoms with Crippen molar-refractivity contribution in [2.75, 3.05) is 11.8 Å². The van der Waals surface area contributed by atoms with Crippen molar-refractivity contribution in [1.82, 2.24) is 4.98 Å². The van der Waals surface area contributed by atoms with Gasteiger partial charge in [0.15, 0.2) is 5.13 Å². The number of amides is 2. The van der Waals surface area contributed by atoms with Crippen molar-refractivity contribution in [1.29, 1.82) is 0 Å². The Bertz CT molecular complexity index is 892. The first-order valence-electron chi connectivity index (χ1n) is 6.46. The smallest absolute Gasteiger partial charge is 0.263 e. The molecule has 11 heteroatoms. The van der Waals surface area contributed by atoms with E-state index in [0.717, 1.165) is 17.4 Å². The lowest BCUT2D eigenvalue weighted by Gasteiger charge is -2.09. The van der Waals surface area contributed by atoms with Crippen LogP contribution < -0.4 is 20.9 Å². The Morgan fingerprint density at radius 3 is 2.62 bits per heavy atom. The summed E-state index contributed by atoms with van der Waals surface area (Å²) >= 11 is 1.01. The molecule has 24 heavy (non-hydrogen) atoms. The predicted molar refractivity (Wildman–Crippen MR) is 87.3 cm³/mol. The zero-order valence-electron chi connectivity index (χ0n) is 12.5. The third kappa shape index (κ3) is 4.00. The minimum Gasteiger partial charge on any atom is -0.496 e. The molecule has 0 bridgehead atoms. The second kappa shape index (κ2) is 6.84. The molecular formula is C13H14N4O5S2. The van der Waals surface area contributed by atoms with Gasteiger partial charge < -0.3 is 16.2 Å². The van der Waals surface area contributed by atoms with E-state index in [1.54, 1.807) is 0 Å². The number of primary amides is 2. The number of thiazole rings is 1. The Morgan fingerprint density at radius 2 is 2.04 bits per heavy atom. The molecule has 2 amide bonds. The van der Waals surface area contributed by atoms with Crippen LogP contribution in [-0.4, -0.2) is 32.3 Å². The van der Waals surface area contributed by atoms with E-state index in [-0.39, 0.29) is 27.8 Å². The lowest BCUT2D eigenvalue weighted by Crippen LogP contribution is -2.17. The van der Waals surface area contributed by atoms with E-state index in [1.807, 2.05) is 0 Å². The molecule has 1 aromatic heterocycles. The zero-order valence-corrected chi connectivity index (χ0v) is 14.1. The van der Waals surface area contributed by atoms with E-state index in [2.05, 4.69) is 9.71 Å². The lowest BCUT2D eigenvalue weighted by molar-refractivity contribution is -0.117. The first-order valence-corrected chi connectivity index (χ1v) is 8.82. The summed E-state index contributed by atoms with van der Waals surface area (Å²) in [5.41, 5.74) is 10.6. The fraction of sp³-hybridized carbons (Fsp3) is 0.154. The minimum atomic E-state index is -3.99. The fourth-order valence-corrected chi connectivity index (χ4v) is 3.82. The normalized spacial score (nSPS) is 11.0. The molecule has 0 aliphatic heterocycles. The van der Waals surface area contributed by atoms with Gasteiger partial charge >= 0.3 is 0 Å². The van der Waals surface area contributed by atoms with Gasteiger partial charge in [0.25, 0.3) is 15.9 Å². The zero-order chi connectivity index (χ0) is 17.9. The number of sulfonamides is 1. The number of carbonyl (C=O) groups excluding carboxylic acids is 2. The lowest BCUT2D eigenvalue weighted by atomic mass is 10.2. The molecule has 0 spiro atoms. The van der Waals surface area contributed by atoms with Gasteiger partial charge in [0.05, 0.1) is 29.7 Å². The largest absolute Gasteiger partial charge is 0.496 e. The average Bonchev–Trinajstić information content (AvgIpc) is 2.91. The van der Waals surface area contributed by atoms with Crippen molar-refractivity contribution in [3.8, 4) is 5.75 Å². The molecule has 1 aromatic carbocycles. The van der Waals surface area contributed by atoms with Gasteiger partial charge in [-0.2, -0.15) is 0 Å². The number of nitrogens with two attached hydrogens (primary N) is 2. The molecule has 1 heterocycles. The maximum atomic E-state index is 12.4. The van der Waals surface area contributed by atoms with Gasteiger partial charge in [0.1, 0.15) is 5.75 Å². The molecule has 0 saturated carbocycles. The first kappa shape index (κ1) is 17.7. The van der Waals surface area contributed by atoms with E-state index in [9.17, 15) is 18.0 Å². The number of hydrogen-bond donors (Lipinski definition) is 3. The Balaban J connectivity index is 2.30.